The lowest BCUT2D eigenvalue weighted by Gasteiger charge is -2.51. The minimum absolute atomic E-state index is 0.801. The largest absolute Gasteiger partial charge is 0.305 e. The molecule has 0 aromatic heterocycles. The minimum Gasteiger partial charge on any atom is -0.305 e. The summed E-state index contributed by atoms with van der Waals surface area (Å²) in [5, 5.41) is 5.84. The molecule has 9 aliphatic carbocycles. The summed E-state index contributed by atoms with van der Waals surface area (Å²) in [7, 11) is 0. The van der Waals surface area contributed by atoms with Crippen LogP contribution in [-0.4, -0.2) is 86.2 Å². The molecule has 4 nitrogen and oxygen atoms in total. The molecule has 3 saturated heterocycles. The molecule has 0 radical (unpaired) electrons. The zero-order valence-electron chi connectivity index (χ0n) is 41.5. The number of rotatable bonds is 9. The van der Waals surface area contributed by atoms with Crippen molar-refractivity contribution in [2.75, 3.05) is 6.54 Å². The Bertz CT molecular complexity index is 1350. The Hall–Kier alpha value is 0.190. The number of fused-ring (bicyclic) bond motifs is 6. The average molecular weight is 898 g/mol. The number of hydrogen-bond donors (Lipinski definition) is 1. The third kappa shape index (κ3) is 9.19. The van der Waals surface area contributed by atoms with Gasteiger partial charge in [0.15, 0.2) is 0 Å². The van der Waals surface area contributed by atoms with Crippen molar-refractivity contribution in [2.45, 2.75) is 315 Å². The highest BCUT2D eigenvalue weighted by Crippen LogP contribution is 2.58. The Morgan fingerprint density at radius 2 is 0.781 bits per heavy atom. The molecule has 11 atom stereocenters. The van der Waals surface area contributed by atoms with Crippen molar-refractivity contribution in [1.29, 1.82) is 0 Å². The summed E-state index contributed by atoms with van der Waals surface area (Å²) in [6.45, 7) is 1.31. The molecule has 0 amide bonds. The van der Waals surface area contributed by atoms with Crippen LogP contribution in [0.4, 0.5) is 0 Å². The molecule has 12 aliphatic rings. The molecule has 64 heavy (non-hydrogen) atoms. The molecular formula is C59H100N4S. The highest BCUT2D eigenvalue weighted by molar-refractivity contribution is 8.00. The molecule has 3 aliphatic heterocycles. The smallest absolute Gasteiger partial charge is 0.0569 e. The summed E-state index contributed by atoms with van der Waals surface area (Å²) in [5.74, 6) is 8.19. The lowest BCUT2D eigenvalue weighted by molar-refractivity contribution is -0.00956. The molecular weight excluding hydrogens is 797 g/mol. The molecule has 1 N–H and O–H groups in total. The Kier molecular flexibility index (Phi) is 14.8. The lowest BCUT2D eigenvalue weighted by Crippen LogP contribution is -2.55. The molecule has 0 aromatic carbocycles. The van der Waals surface area contributed by atoms with Gasteiger partial charge in [-0.25, -0.2) is 0 Å². The SMILES string of the molecule is C1CCC(N(C2CCCCC2)C2CCC3C(C2)C2CC(N(C4CCCCC4)C4CCCCC4)CCC2N3C2CCC(C3CCC(C4CCNC5SC6CCCCC6C54)CC3)CC2)CC1. The first-order valence-electron chi connectivity index (χ1n) is 30.5. The number of hydrogen-bond acceptors (Lipinski definition) is 5. The van der Waals surface area contributed by atoms with E-state index >= 15 is 0 Å². The van der Waals surface area contributed by atoms with Crippen LogP contribution in [0.3, 0.4) is 0 Å². The van der Waals surface area contributed by atoms with Gasteiger partial charge in [-0.05, 0) is 214 Å². The first-order valence-corrected chi connectivity index (χ1v) is 31.4. The average Bonchev–Trinajstić information content (AvgIpc) is 3.91. The van der Waals surface area contributed by atoms with Crippen molar-refractivity contribution < 1.29 is 0 Å². The Morgan fingerprint density at radius 3 is 1.28 bits per heavy atom. The van der Waals surface area contributed by atoms with E-state index in [-0.39, 0.29) is 0 Å². The monoisotopic (exact) mass is 897 g/mol. The van der Waals surface area contributed by atoms with Gasteiger partial charge in [0, 0.05) is 59.6 Å². The Morgan fingerprint density at radius 1 is 0.344 bits per heavy atom. The number of nitrogens with one attached hydrogen (secondary N) is 1. The van der Waals surface area contributed by atoms with E-state index in [1.807, 2.05) is 0 Å². The van der Waals surface area contributed by atoms with Crippen LogP contribution in [0.25, 0.3) is 0 Å². The van der Waals surface area contributed by atoms with Crippen LogP contribution in [0.2, 0.25) is 0 Å². The van der Waals surface area contributed by atoms with Crippen molar-refractivity contribution in [3.63, 3.8) is 0 Å². The normalized spacial score (nSPS) is 46.1. The third-order valence-corrected chi connectivity index (χ3v) is 25.0. The van der Waals surface area contributed by atoms with E-state index in [2.05, 4.69) is 31.8 Å². The predicted octanol–water partition coefficient (Wildman–Crippen LogP) is 14.5. The zero-order chi connectivity index (χ0) is 42.4. The fourth-order valence-corrected chi connectivity index (χ4v) is 22.6. The van der Waals surface area contributed by atoms with Gasteiger partial charge in [-0.3, -0.25) is 14.7 Å². The molecule has 0 spiro atoms. The Labute approximate surface area is 399 Å². The van der Waals surface area contributed by atoms with Gasteiger partial charge in [-0.2, -0.15) is 0 Å². The van der Waals surface area contributed by atoms with E-state index in [0.717, 1.165) is 112 Å². The van der Waals surface area contributed by atoms with Crippen molar-refractivity contribution in [3.8, 4) is 0 Å². The van der Waals surface area contributed by atoms with Crippen molar-refractivity contribution in [2.24, 2.45) is 47.3 Å². The van der Waals surface area contributed by atoms with E-state index in [4.69, 9.17) is 0 Å². The van der Waals surface area contributed by atoms with Crippen molar-refractivity contribution >= 4 is 11.8 Å². The van der Waals surface area contributed by atoms with Crippen LogP contribution < -0.4 is 5.32 Å². The second kappa shape index (κ2) is 20.9. The second-order valence-corrected chi connectivity index (χ2v) is 27.6. The summed E-state index contributed by atoms with van der Waals surface area (Å²) in [6, 6.07) is 8.13. The standard InChI is InChI=1S/C59H100N4S/c1-5-15-44(16-6-1)61(45-17-7-2-8-18-45)49-33-35-55-53(39-49)54-40-50(62(46-19-9-3-10-20-46)47-21-11-4-12-22-47)34-36-56(54)63(55)48-31-29-42(30-32-48)41-25-27-43(28-26-41)51-37-38-60-59-58(51)52-23-13-14-24-57(52)64-59/h41-60H,1-40H2. The van der Waals surface area contributed by atoms with Gasteiger partial charge < -0.3 is 5.32 Å². The maximum Gasteiger partial charge on any atom is 0.0569 e. The van der Waals surface area contributed by atoms with E-state index in [9.17, 15) is 0 Å². The molecule has 11 unspecified atom stereocenters. The highest BCUT2D eigenvalue weighted by Gasteiger charge is 2.57. The quantitative estimate of drug-likeness (QED) is 0.248. The van der Waals surface area contributed by atoms with Crippen LogP contribution >= 0.6 is 11.8 Å². The van der Waals surface area contributed by atoms with Crippen LogP contribution in [0.15, 0.2) is 0 Å². The fraction of sp³-hybridized carbons (Fsp3) is 1.00. The topological polar surface area (TPSA) is 21.8 Å². The summed E-state index contributed by atoms with van der Waals surface area (Å²) in [5.41, 5.74) is 0. The van der Waals surface area contributed by atoms with E-state index in [0.29, 0.717) is 0 Å². The minimum atomic E-state index is 0.801. The first kappa shape index (κ1) is 45.3. The van der Waals surface area contributed by atoms with Gasteiger partial charge in [0.05, 0.1) is 5.37 Å². The summed E-state index contributed by atoms with van der Waals surface area (Å²) >= 11 is 2.40. The highest BCUT2D eigenvalue weighted by atomic mass is 32.2. The van der Waals surface area contributed by atoms with Crippen LogP contribution in [0.5, 0.6) is 0 Å². The molecule has 9 saturated carbocycles. The molecule has 5 heteroatoms. The van der Waals surface area contributed by atoms with E-state index < -0.39 is 0 Å². The predicted molar refractivity (Wildman–Crippen MR) is 271 cm³/mol. The van der Waals surface area contributed by atoms with Gasteiger partial charge >= 0.3 is 0 Å². The first-order chi connectivity index (χ1) is 31.7. The van der Waals surface area contributed by atoms with E-state index in [1.54, 1.807) is 83.5 Å². The van der Waals surface area contributed by atoms with E-state index in [1.165, 1.54) is 173 Å². The third-order valence-electron chi connectivity index (χ3n) is 23.3. The molecule has 362 valence electrons. The molecule has 12 fully saturated rings. The van der Waals surface area contributed by atoms with Crippen molar-refractivity contribution in [1.82, 2.24) is 20.0 Å². The zero-order valence-corrected chi connectivity index (χ0v) is 42.3. The number of likely N-dealkylation sites (tertiary alicyclic amines) is 1. The second-order valence-electron chi connectivity index (χ2n) is 26.2. The van der Waals surface area contributed by atoms with Gasteiger partial charge in [-0.15, -0.1) is 11.8 Å². The van der Waals surface area contributed by atoms with Gasteiger partial charge in [0.2, 0.25) is 0 Å². The van der Waals surface area contributed by atoms with Crippen LogP contribution in [0, 0.1) is 47.3 Å². The molecule has 3 heterocycles. The fourth-order valence-electron chi connectivity index (χ4n) is 20.6. The summed E-state index contributed by atoms with van der Waals surface area (Å²) in [4.78, 5) is 10.1. The maximum atomic E-state index is 4.05. The lowest BCUT2D eigenvalue weighted by atomic mass is 9.62. The maximum absolute atomic E-state index is 4.05. The van der Waals surface area contributed by atoms with Crippen LogP contribution in [0.1, 0.15) is 250 Å². The molecule has 12 rings (SSSR count). The summed E-state index contributed by atoms with van der Waals surface area (Å²) in [6.07, 6.45) is 59.7. The van der Waals surface area contributed by atoms with Crippen LogP contribution in [-0.2, 0) is 0 Å². The number of piperidine rings is 1. The molecule has 0 aromatic rings. The number of nitrogens with zero attached hydrogens (tertiary/aromatic N) is 3. The number of thioether (sulfide) groups is 1. The molecule has 0 bridgehead atoms. The van der Waals surface area contributed by atoms with Gasteiger partial charge in [0.25, 0.3) is 0 Å². The summed E-state index contributed by atoms with van der Waals surface area (Å²) < 4.78 is 0. The van der Waals surface area contributed by atoms with Gasteiger partial charge in [-0.1, -0.05) is 89.9 Å². The Balaban J connectivity index is 0.740. The van der Waals surface area contributed by atoms with Crippen molar-refractivity contribution in [3.05, 3.63) is 0 Å². The van der Waals surface area contributed by atoms with Gasteiger partial charge in [0.1, 0.15) is 0 Å².